The van der Waals surface area contributed by atoms with Crippen LogP contribution in [0.25, 0.3) is 11.4 Å². The van der Waals surface area contributed by atoms with E-state index in [-0.39, 0.29) is 48.0 Å². The number of rotatable bonds is 5. The molecule has 0 radical (unpaired) electrons. The number of anilines is 1. The second-order valence-corrected chi connectivity index (χ2v) is 12.5. The third kappa shape index (κ3) is 4.75. The largest absolute Gasteiger partial charge is 0.493 e. The SMILES string of the molecule is CS(=O)(=O)CC(=O)Nc1c(-c2ccc(C3CC3)cn2)nn2c1C(=O)N[C@@]1(CCCOc3cc(F)cc(F)c31)C2. The Morgan fingerprint density at radius 2 is 2.08 bits per heavy atom. The minimum atomic E-state index is -3.66. The van der Waals surface area contributed by atoms with E-state index in [4.69, 9.17) is 4.74 Å². The molecule has 0 unspecified atom stereocenters. The van der Waals surface area contributed by atoms with E-state index in [0.29, 0.717) is 18.0 Å². The summed E-state index contributed by atoms with van der Waals surface area (Å²) in [5, 5.41) is 10.0. The van der Waals surface area contributed by atoms with Crippen molar-refractivity contribution in [2.24, 2.45) is 0 Å². The van der Waals surface area contributed by atoms with Crippen molar-refractivity contribution in [2.45, 2.75) is 43.7 Å². The van der Waals surface area contributed by atoms with Gasteiger partial charge in [-0.05, 0) is 43.2 Å². The Labute approximate surface area is 222 Å². The van der Waals surface area contributed by atoms with Gasteiger partial charge < -0.3 is 15.4 Å². The van der Waals surface area contributed by atoms with E-state index in [2.05, 4.69) is 20.7 Å². The van der Waals surface area contributed by atoms with Crippen molar-refractivity contribution in [1.82, 2.24) is 20.1 Å². The average Bonchev–Trinajstić information content (AvgIpc) is 3.64. The maximum absolute atomic E-state index is 15.2. The summed E-state index contributed by atoms with van der Waals surface area (Å²) in [6.07, 6.45) is 5.55. The molecule has 39 heavy (non-hydrogen) atoms. The van der Waals surface area contributed by atoms with E-state index in [1.807, 2.05) is 6.07 Å². The fraction of sp³-hybridized carbons (Fsp3) is 0.385. The number of aromatic nitrogens is 3. The molecule has 10 nitrogen and oxygen atoms in total. The molecule has 2 N–H and O–H groups in total. The summed E-state index contributed by atoms with van der Waals surface area (Å²) in [6.45, 7) is 0.164. The molecule has 0 saturated heterocycles. The zero-order chi connectivity index (χ0) is 27.5. The Balaban J connectivity index is 1.47. The van der Waals surface area contributed by atoms with E-state index < -0.39 is 44.6 Å². The number of carbonyl (C=O) groups is 2. The van der Waals surface area contributed by atoms with E-state index in [9.17, 15) is 22.4 Å². The molecule has 0 bridgehead atoms. The Morgan fingerprint density at radius 3 is 2.77 bits per heavy atom. The third-order valence-electron chi connectivity index (χ3n) is 7.18. The second kappa shape index (κ2) is 9.11. The number of amides is 2. The molecule has 1 saturated carbocycles. The van der Waals surface area contributed by atoms with Crippen molar-refractivity contribution in [2.75, 3.05) is 23.9 Å². The van der Waals surface area contributed by atoms with Crippen molar-refractivity contribution < 1.29 is 31.5 Å². The summed E-state index contributed by atoms with van der Waals surface area (Å²) in [6, 6.07) is 5.47. The number of hydrogen-bond donors (Lipinski definition) is 2. The first-order valence-corrected chi connectivity index (χ1v) is 14.6. The van der Waals surface area contributed by atoms with E-state index in [0.717, 1.165) is 36.8 Å². The minimum absolute atomic E-state index is 0.000129. The summed E-state index contributed by atoms with van der Waals surface area (Å²) in [5.74, 6) is -3.50. The molecule has 1 aromatic carbocycles. The normalized spacial score (nSPS) is 20.4. The smallest absolute Gasteiger partial charge is 0.272 e. The van der Waals surface area contributed by atoms with Crippen molar-refractivity contribution in [3.8, 4) is 17.1 Å². The second-order valence-electron chi connectivity index (χ2n) is 10.3. The summed E-state index contributed by atoms with van der Waals surface area (Å²) < 4.78 is 59.7. The molecule has 1 fully saturated rings. The van der Waals surface area contributed by atoms with Gasteiger partial charge in [-0.1, -0.05) is 6.07 Å². The van der Waals surface area contributed by atoms with E-state index >= 15 is 4.39 Å². The lowest BCUT2D eigenvalue weighted by molar-refractivity contribution is -0.113. The number of sulfone groups is 1. The van der Waals surface area contributed by atoms with Gasteiger partial charge in [-0.15, -0.1) is 0 Å². The number of pyridine rings is 1. The first-order chi connectivity index (χ1) is 18.5. The highest BCUT2D eigenvalue weighted by atomic mass is 32.2. The van der Waals surface area contributed by atoms with Crippen LogP contribution >= 0.6 is 0 Å². The van der Waals surface area contributed by atoms with Gasteiger partial charge >= 0.3 is 0 Å². The molecule has 3 aliphatic rings. The van der Waals surface area contributed by atoms with Crippen LogP contribution in [0.5, 0.6) is 5.75 Å². The zero-order valence-electron chi connectivity index (χ0n) is 21.0. The quantitative estimate of drug-likeness (QED) is 0.493. The van der Waals surface area contributed by atoms with Crippen LogP contribution in [-0.2, 0) is 26.7 Å². The monoisotopic (exact) mass is 557 g/mol. The Morgan fingerprint density at radius 1 is 1.28 bits per heavy atom. The number of nitrogens with one attached hydrogen (secondary N) is 2. The van der Waals surface area contributed by atoms with Gasteiger partial charge in [-0.25, -0.2) is 17.2 Å². The predicted molar refractivity (Wildman–Crippen MR) is 136 cm³/mol. The highest BCUT2D eigenvalue weighted by Gasteiger charge is 2.46. The molecule has 1 spiro atoms. The molecule has 3 aromatic rings. The van der Waals surface area contributed by atoms with Gasteiger partial charge in [0.25, 0.3) is 5.91 Å². The summed E-state index contributed by atoms with van der Waals surface area (Å²) in [4.78, 5) is 30.8. The van der Waals surface area contributed by atoms with Gasteiger partial charge in [-0.2, -0.15) is 5.10 Å². The molecule has 1 aliphatic carbocycles. The maximum atomic E-state index is 15.2. The topological polar surface area (TPSA) is 132 Å². The molecular weight excluding hydrogens is 532 g/mol. The van der Waals surface area contributed by atoms with Gasteiger partial charge in [-0.3, -0.25) is 19.3 Å². The molecule has 204 valence electrons. The van der Waals surface area contributed by atoms with Crippen LogP contribution < -0.4 is 15.4 Å². The predicted octanol–water partition coefficient (Wildman–Crippen LogP) is 2.90. The molecule has 2 aromatic heterocycles. The first kappa shape index (κ1) is 25.4. The van der Waals surface area contributed by atoms with Crippen LogP contribution in [0.2, 0.25) is 0 Å². The first-order valence-electron chi connectivity index (χ1n) is 12.5. The van der Waals surface area contributed by atoms with Gasteiger partial charge in [0.2, 0.25) is 5.91 Å². The maximum Gasteiger partial charge on any atom is 0.272 e. The lowest BCUT2D eigenvalue weighted by atomic mass is 9.83. The van der Waals surface area contributed by atoms with Crippen molar-refractivity contribution in [3.63, 3.8) is 0 Å². The van der Waals surface area contributed by atoms with Gasteiger partial charge in [0.05, 0.1) is 29.9 Å². The number of fused-ring (bicyclic) bond motifs is 3. The van der Waals surface area contributed by atoms with Crippen LogP contribution in [0.3, 0.4) is 0 Å². The number of benzene rings is 1. The Bertz CT molecular complexity index is 1620. The molecule has 13 heteroatoms. The standard InChI is InChI=1S/C26H25F2N5O5S/c1-39(36,37)12-20(34)30-23-22(18-6-5-15(11-29-18)14-3-4-14)32-33-13-26(31-25(35)24(23)33)7-2-8-38-19-10-16(27)9-17(28)21(19)26/h5-6,9-11,14H,2-4,7-8,12-13H2,1H3,(H,30,34)(H,31,35)/t26-/m0/s1. The van der Waals surface area contributed by atoms with Crippen LogP contribution in [0.4, 0.5) is 14.5 Å². The lowest BCUT2D eigenvalue weighted by Crippen LogP contribution is -2.54. The van der Waals surface area contributed by atoms with E-state index in [1.54, 1.807) is 12.3 Å². The van der Waals surface area contributed by atoms with Gasteiger partial charge in [0.1, 0.15) is 34.5 Å². The van der Waals surface area contributed by atoms with Crippen LogP contribution in [-0.4, -0.2) is 53.6 Å². The summed E-state index contributed by atoms with van der Waals surface area (Å²) in [5.41, 5.74) is 0.314. The fourth-order valence-electron chi connectivity index (χ4n) is 5.39. The molecule has 1 atom stereocenters. The number of halogens is 2. The van der Waals surface area contributed by atoms with Crippen molar-refractivity contribution in [1.29, 1.82) is 0 Å². The molecule has 2 aliphatic heterocycles. The summed E-state index contributed by atoms with van der Waals surface area (Å²) in [7, 11) is -3.66. The number of ether oxygens (including phenoxy) is 1. The van der Waals surface area contributed by atoms with Crippen LogP contribution in [0.1, 0.15) is 53.2 Å². The molecule has 6 rings (SSSR count). The van der Waals surface area contributed by atoms with Gasteiger partial charge in [0, 0.05) is 24.6 Å². The number of nitrogens with zero attached hydrogens (tertiary/aromatic N) is 3. The minimum Gasteiger partial charge on any atom is -0.493 e. The van der Waals surface area contributed by atoms with Crippen molar-refractivity contribution in [3.05, 3.63) is 58.9 Å². The molecular formula is C26H25F2N5O5S. The zero-order valence-corrected chi connectivity index (χ0v) is 21.8. The van der Waals surface area contributed by atoms with Crippen LogP contribution in [0.15, 0.2) is 30.5 Å². The summed E-state index contributed by atoms with van der Waals surface area (Å²) >= 11 is 0. The number of carbonyl (C=O) groups excluding carboxylic acids is 2. The highest BCUT2D eigenvalue weighted by Crippen LogP contribution is 2.44. The number of hydrogen-bond acceptors (Lipinski definition) is 7. The van der Waals surface area contributed by atoms with E-state index in [1.165, 1.54) is 4.68 Å². The van der Waals surface area contributed by atoms with Gasteiger partial charge in [0.15, 0.2) is 15.5 Å². The Kier molecular flexibility index (Phi) is 5.93. The molecule has 2 amide bonds. The van der Waals surface area contributed by atoms with Crippen molar-refractivity contribution >= 4 is 27.3 Å². The van der Waals surface area contributed by atoms with Crippen LogP contribution in [0, 0.1) is 11.6 Å². The highest BCUT2D eigenvalue weighted by molar-refractivity contribution is 7.91. The Hall–Kier alpha value is -3.87. The lowest BCUT2D eigenvalue weighted by Gasteiger charge is -2.38. The third-order valence-corrected chi connectivity index (χ3v) is 7.96. The average molecular weight is 558 g/mol. The fourth-order valence-corrected chi connectivity index (χ4v) is 5.93. The molecule has 4 heterocycles.